The van der Waals surface area contributed by atoms with Crippen LogP contribution in [0.15, 0.2) is 110 Å². The van der Waals surface area contributed by atoms with Crippen LogP contribution in [-0.2, 0) is 12.8 Å². The first-order chi connectivity index (χ1) is 17.2. The van der Waals surface area contributed by atoms with E-state index < -0.39 is 0 Å². The summed E-state index contributed by atoms with van der Waals surface area (Å²) in [5.74, 6) is 0. The van der Waals surface area contributed by atoms with Crippen molar-refractivity contribution in [3.05, 3.63) is 132 Å². The van der Waals surface area contributed by atoms with Crippen LogP contribution in [0.2, 0.25) is 0 Å². The second-order valence-corrected chi connectivity index (χ2v) is 9.47. The molecular weight excluding hydrogens is 420 g/mol. The van der Waals surface area contributed by atoms with E-state index in [0.717, 1.165) is 19.3 Å². The molecule has 0 bridgehead atoms. The van der Waals surface area contributed by atoms with Crippen molar-refractivity contribution >= 4 is 55.2 Å². The molecule has 0 saturated heterocycles. The third-order valence-corrected chi connectivity index (χ3v) is 7.26. The lowest BCUT2D eigenvalue weighted by molar-refractivity contribution is 0.822. The zero-order valence-corrected chi connectivity index (χ0v) is 19.9. The summed E-state index contributed by atoms with van der Waals surface area (Å²) < 4.78 is 0. The largest absolute Gasteiger partial charge is 0.0985 e. The molecule has 0 heterocycles. The molecule has 0 nitrogen and oxygen atoms in total. The van der Waals surface area contributed by atoms with E-state index in [1.165, 1.54) is 65.3 Å². The van der Waals surface area contributed by atoms with Gasteiger partial charge in [-0.3, -0.25) is 0 Å². The van der Waals surface area contributed by atoms with Crippen molar-refractivity contribution in [3.8, 4) is 0 Å². The first-order valence-corrected chi connectivity index (χ1v) is 12.4. The molecule has 0 heteroatoms. The Hall–Kier alpha value is -4.16. The maximum atomic E-state index is 3.94. The predicted molar refractivity (Wildman–Crippen MR) is 155 cm³/mol. The second-order valence-electron chi connectivity index (χ2n) is 9.47. The third kappa shape index (κ3) is 4.02. The van der Waals surface area contributed by atoms with Crippen molar-refractivity contribution in [3.63, 3.8) is 0 Å². The number of aryl methyl sites for hydroxylation is 2. The van der Waals surface area contributed by atoms with E-state index in [0.29, 0.717) is 0 Å². The number of hydrogen-bond donors (Lipinski definition) is 0. The molecule has 0 aliphatic carbocycles. The van der Waals surface area contributed by atoms with Gasteiger partial charge in [0.15, 0.2) is 0 Å². The minimum atomic E-state index is 1.07. The zero-order chi connectivity index (χ0) is 23.8. The standard InChI is InChI=1S/C35H28/c1-3-24-8-12-28-16-18-30-14-10-26(22-34(30)32(28)20-24)6-5-7-27-11-15-31-19-17-29-13-9-25(4-2)21-33(29)35(31)23-27/h3-4,8-23H,1-2,5-7H2. The van der Waals surface area contributed by atoms with Gasteiger partial charge in [-0.2, -0.15) is 0 Å². The van der Waals surface area contributed by atoms with Gasteiger partial charge in [0.05, 0.1) is 0 Å². The second kappa shape index (κ2) is 8.89. The van der Waals surface area contributed by atoms with E-state index in [-0.39, 0.29) is 0 Å². The van der Waals surface area contributed by atoms with Gasteiger partial charge in [0.2, 0.25) is 0 Å². The summed E-state index contributed by atoms with van der Waals surface area (Å²) in [6.07, 6.45) is 7.12. The average molecular weight is 449 g/mol. The van der Waals surface area contributed by atoms with Gasteiger partial charge < -0.3 is 0 Å². The quantitative estimate of drug-likeness (QED) is 0.222. The van der Waals surface area contributed by atoms with Crippen LogP contribution < -0.4 is 0 Å². The lowest BCUT2D eigenvalue weighted by atomic mass is 9.95. The Morgan fingerprint density at radius 2 is 0.771 bits per heavy atom. The number of hydrogen-bond acceptors (Lipinski definition) is 0. The summed E-state index contributed by atoms with van der Waals surface area (Å²) >= 11 is 0. The molecule has 6 aromatic rings. The first-order valence-electron chi connectivity index (χ1n) is 12.4. The molecule has 0 unspecified atom stereocenters. The first kappa shape index (κ1) is 21.4. The lowest BCUT2D eigenvalue weighted by Gasteiger charge is -2.10. The molecule has 35 heavy (non-hydrogen) atoms. The van der Waals surface area contributed by atoms with Gasteiger partial charge >= 0.3 is 0 Å². The summed E-state index contributed by atoms with van der Waals surface area (Å²) in [7, 11) is 0. The van der Waals surface area contributed by atoms with Crippen molar-refractivity contribution in [1.82, 2.24) is 0 Å². The van der Waals surface area contributed by atoms with Crippen LogP contribution in [0, 0.1) is 0 Å². The lowest BCUT2D eigenvalue weighted by Crippen LogP contribution is -1.91. The maximum Gasteiger partial charge on any atom is -0.00994 e. The van der Waals surface area contributed by atoms with Gasteiger partial charge in [-0.1, -0.05) is 110 Å². The Labute approximate surface area is 206 Å². The van der Waals surface area contributed by atoms with Gasteiger partial charge in [0, 0.05) is 0 Å². The van der Waals surface area contributed by atoms with E-state index in [2.05, 4.69) is 110 Å². The predicted octanol–water partition coefficient (Wildman–Crippen LogP) is 9.76. The Morgan fingerprint density at radius 1 is 0.429 bits per heavy atom. The highest BCUT2D eigenvalue weighted by atomic mass is 14.1. The van der Waals surface area contributed by atoms with E-state index in [9.17, 15) is 0 Å². The molecule has 6 rings (SSSR count). The van der Waals surface area contributed by atoms with Crippen LogP contribution in [0.25, 0.3) is 55.2 Å². The highest BCUT2D eigenvalue weighted by Gasteiger charge is 2.06. The Balaban J connectivity index is 1.28. The van der Waals surface area contributed by atoms with Gasteiger partial charge in [-0.05, 0) is 96.7 Å². The molecule has 0 aromatic heterocycles. The summed E-state index contributed by atoms with van der Waals surface area (Å²) in [5.41, 5.74) is 5.13. The highest BCUT2D eigenvalue weighted by molar-refractivity contribution is 6.09. The fourth-order valence-electron chi connectivity index (χ4n) is 5.29. The van der Waals surface area contributed by atoms with Crippen molar-refractivity contribution in [2.24, 2.45) is 0 Å². The summed E-state index contributed by atoms with van der Waals surface area (Å²) in [5, 5.41) is 10.4. The SMILES string of the molecule is C=Cc1ccc2ccc3ccc(CCCc4ccc5ccc6ccc(C=C)cc6c5c4)cc3c2c1. The maximum absolute atomic E-state index is 3.94. The van der Waals surface area contributed by atoms with Gasteiger partial charge in [0.1, 0.15) is 0 Å². The number of rotatable bonds is 6. The molecule has 0 fully saturated rings. The van der Waals surface area contributed by atoms with Crippen LogP contribution in [0.5, 0.6) is 0 Å². The molecule has 0 atom stereocenters. The molecule has 168 valence electrons. The smallest absolute Gasteiger partial charge is 0.00994 e. The highest BCUT2D eigenvalue weighted by Crippen LogP contribution is 2.30. The van der Waals surface area contributed by atoms with Gasteiger partial charge in [0.25, 0.3) is 0 Å². The van der Waals surface area contributed by atoms with Crippen molar-refractivity contribution in [2.75, 3.05) is 0 Å². The molecule has 0 amide bonds. The molecule has 0 saturated carbocycles. The summed E-state index contributed by atoms with van der Waals surface area (Å²) in [4.78, 5) is 0. The van der Waals surface area contributed by atoms with E-state index in [4.69, 9.17) is 0 Å². The van der Waals surface area contributed by atoms with Crippen LogP contribution in [0.4, 0.5) is 0 Å². The topological polar surface area (TPSA) is 0 Å². The normalized spacial score (nSPS) is 11.4. The van der Waals surface area contributed by atoms with E-state index >= 15 is 0 Å². The van der Waals surface area contributed by atoms with Crippen LogP contribution >= 0.6 is 0 Å². The van der Waals surface area contributed by atoms with Gasteiger partial charge in [-0.25, -0.2) is 0 Å². The zero-order valence-electron chi connectivity index (χ0n) is 19.9. The monoisotopic (exact) mass is 448 g/mol. The minimum Gasteiger partial charge on any atom is -0.0985 e. The van der Waals surface area contributed by atoms with E-state index in [1.807, 2.05) is 12.2 Å². The van der Waals surface area contributed by atoms with Crippen molar-refractivity contribution in [2.45, 2.75) is 19.3 Å². The fourth-order valence-corrected chi connectivity index (χ4v) is 5.29. The van der Waals surface area contributed by atoms with Crippen LogP contribution in [0.3, 0.4) is 0 Å². The van der Waals surface area contributed by atoms with Crippen molar-refractivity contribution < 1.29 is 0 Å². The molecule has 0 radical (unpaired) electrons. The Morgan fingerprint density at radius 3 is 1.17 bits per heavy atom. The third-order valence-electron chi connectivity index (χ3n) is 7.26. The molecular formula is C35H28. The molecule has 0 aliphatic rings. The molecule has 0 aliphatic heterocycles. The fraction of sp³-hybridized carbons (Fsp3) is 0.0857. The molecule has 0 N–H and O–H groups in total. The molecule has 6 aromatic carbocycles. The number of benzene rings is 6. The number of fused-ring (bicyclic) bond motifs is 6. The van der Waals surface area contributed by atoms with Gasteiger partial charge in [-0.15, -0.1) is 0 Å². The van der Waals surface area contributed by atoms with E-state index in [1.54, 1.807) is 0 Å². The van der Waals surface area contributed by atoms with Crippen LogP contribution in [-0.4, -0.2) is 0 Å². The van der Waals surface area contributed by atoms with Crippen molar-refractivity contribution in [1.29, 1.82) is 0 Å². The Bertz CT molecular complexity index is 1620. The molecule has 0 spiro atoms. The minimum absolute atomic E-state index is 1.07. The Kier molecular flexibility index (Phi) is 5.43. The summed E-state index contributed by atoms with van der Waals surface area (Å²) in [6.45, 7) is 7.89. The average Bonchev–Trinajstić information content (AvgIpc) is 2.92. The van der Waals surface area contributed by atoms with Crippen LogP contribution in [0.1, 0.15) is 28.7 Å². The summed E-state index contributed by atoms with van der Waals surface area (Å²) in [6, 6.07) is 35.9.